The van der Waals surface area contributed by atoms with Gasteiger partial charge in [0, 0.05) is 10.9 Å². The Morgan fingerprint density at radius 1 is 0.679 bits per heavy atom. The van der Waals surface area contributed by atoms with E-state index in [1.807, 2.05) is 0 Å². The fourth-order valence-electron chi connectivity index (χ4n) is 3.88. The van der Waals surface area contributed by atoms with E-state index in [2.05, 4.69) is 100 Å². The minimum Gasteiger partial charge on any atom is -0.248 e. The molecule has 0 saturated carbocycles. The fraction of sp³-hybridized carbons (Fsp3) is 0.222. The van der Waals surface area contributed by atoms with Crippen LogP contribution in [0.4, 0.5) is 0 Å². The second kappa shape index (κ2) is 7.59. The number of fused-ring (bicyclic) bond motifs is 1. The quantitative estimate of drug-likeness (QED) is 0.367. The third kappa shape index (κ3) is 3.99. The van der Waals surface area contributed by atoms with Gasteiger partial charge in [0.15, 0.2) is 0 Å². The van der Waals surface area contributed by atoms with Crippen LogP contribution in [0.2, 0.25) is 0 Å². The lowest BCUT2D eigenvalue weighted by molar-refractivity contribution is 0.647. The lowest BCUT2D eigenvalue weighted by Gasteiger charge is -2.09. The van der Waals surface area contributed by atoms with Gasteiger partial charge in [0.1, 0.15) is 0 Å². The van der Waals surface area contributed by atoms with Crippen molar-refractivity contribution in [3.63, 3.8) is 0 Å². The molecule has 0 radical (unpaired) electrons. The van der Waals surface area contributed by atoms with E-state index in [0.29, 0.717) is 5.92 Å². The maximum Gasteiger partial charge on any atom is 0.0715 e. The highest BCUT2D eigenvalue weighted by atomic mass is 14.7. The molecule has 1 aromatic heterocycles. The SMILES string of the molecule is Cc1cc(C)cc(-c2ccc3ccc(-c4ccc(CC(C)C)cc4)cc3n2)c1. The molecule has 0 bridgehead atoms. The monoisotopic (exact) mass is 365 g/mol. The van der Waals surface area contributed by atoms with Crippen molar-refractivity contribution in [3.05, 3.63) is 89.5 Å². The molecular weight excluding hydrogens is 338 g/mol. The predicted molar refractivity (Wildman–Crippen MR) is 121 cm³/mol. The molecule has 1 heterocycles. The highest BCUT2D eigenvalue weighted by molar-refractivity contribution is 5.86. The Bertz CT molecular complexity index is 1100. The number of hydrogen-bond acceptors (Lipinski definition) is 1. The lowest BCUT2D eigenvalue weighted by atomic mass is 9.98. The summed E-state index contributed by atoms with van der Waals surface area (Å²) in [6.45, 7) is 8.80. The molecule has 4 rings (SSSR count). The minimum atomic E-state index is 0.680. The summed E-state index contributed by atoms with van der Waals surface area (Å²) >= 11 is 0. The maximum absolute atomic E-state index is 4.97. The largest absolute Gasteiger partial charge is 0.248 e. The van der Waals surface area contributed by atoms with Crippen LogP contribution in [-0.2, 0) is 6.42 Å². The average molecular weight is 366 g/mol. The van der Waals surface area contributed by atoms with Gasteiger partial charge in [-0.3, -0.25) is 0 Å². The Labute approximate surface area is 168 Å². The molecule has 0 unspecified atom stereocenters. The number of pyridine rings is 1. The Hall–Kier alpha value is -2.93. The van der Waals surface area contributed by atoms with E-state index in [1.165, 1.54) is 38.8 Å². The highest BCUT2D eigenvalue weighted by Crippen LogP contribution is 2.27. The van der Waals surface area contributed by atoms with Crippen molar-refractivity contribution < 1.29 is 0 Å². The van der Waals surface area contributed by atoms with E-state index >= 15 is 0 Å². The van der Waals surface area contributed by atoms with E-state index in [1.54, 1.807) is 0 Å². The number of aryl methyl sites for hydroxylation is 2. The van der Waals surface area contributed by atoms with E-state index in [9.17, 15) is 0 Å². The van der Waals surface area contributed by atoms with Crippen molar-refractivity contribution >= 4 is 10.9 Å². The molecule has 4 aromatic rings. The number of rotatable bonds is 4. The number of hydrogen-bond donors (Lipinski definition) is 0. The number of aromatic nitrogens is 1. The molecule has 0 aliphatic carbocycles. The van der Waals surface area contributed by atoms with E-state index < -0.39 is 0 Å². The molecule has 140 valence electrons. The summed E-state index contributed by atoms with van der Waals surface area (Å²) in [6.07, 6.45) is 1.12. The molecule has 0 aliphatic heterocycles. The van der Waals surface area contributed by atoms with Crippen LogP contribution in [-0.4, -0.2) is 4.98 Å². The second-order valence-electron chi connectivity index (χ2n) is 8.28. The fourth-order valence-corrected chi connectivity index (χ4v) is 3.88. The van der Waals surface area contributed by atoms with Gasteiger partial charge in [0.05, 0.1) is 11.2 Å². The second-order valence-corrected chi connectivity index (χ2v) is 8.28. The van der Waals surface area contributed by atoms with Crippen LogP contribution in [0.5, 0.6) is 0 Å². The van der Waals surface area contributed by atoms with Crippen molar-refractivity contribution in [1.29, 1.82) is 0 Å². The normalized spacial score (nSPS) is 11.3. The van der Waals surface area contributed by atoms with Gasteiger partial charge in [0.2, 0.25) is 0 Å². The molecule has 0 N–H and O–H groups in total. The standard InChI is InChI=1S/C27H27N/c1-18(2)13-21-5-7-22(8-6-21)24-10-9-23-11-12-26(28-27(23)17-24)25-15-19(3)14-20(4)16-25/h5-12,14-18H,13H2,1-4H3. The van der Waals surface area contributed by atoms with Crippen molar-refractivity contribution in [1.82, 2.24) is 4.98 Å². The van der Waals surface area contributed by atoms with Gasteiger partial charge in [-0.2, -0.15) is 0 Å². The summed E-state index contributed by atoms with van der Waals surface area (Å²) in [6, 6.07) is 26.4. The van der Waals surface area contributed by atoms with E-state index in [-0.39, 0.29) is 0 Å². The van der Waals surface area contributed by atoms with Gasteiger partial charge in [-0.25, -0.2) is 4.98 Å². The molecule has 0 fully saturated rings. The van der Waals surface area contributed by atoms with E-state index in [4.69, 9.17) is 4.98 Å². The summed E-state index contributed by atoms with van der Waals surface area (Å²) in [5.74, 6) is 0.680. The summed E-state index contributed by atoms with van der Waals surface area (Å²) in [5.41, 5.74) is 9.66. The molecule has 0 aliphatic rings. The molecule has 0 atom stereocenters. The van der Waals surface area contributed by atoms with Crippen LogP contribution >= 0.6 is 0 Å². The third-order valence-corrected chi connectivity index (χ3v) is 5.14. The zero-order valence-electron chi connectivity index (χ0n) is 17.2. The highest BCUT2D eigenvalue weighted by Gasteiger charge is 2.06. The van der Waals surface area contributed by atoms with Crippen LogP contribution < -0.4 is 0 Å². The van der Waals surface area contributed by atoms with Crippen molar-refractivity contribution in [2.24, 2.45) is 5.92 Å². The summed E-state index contributed by atoms with van der Waals surface area (Å²) < 4.78 is 0. The first-order chi connectivity index (χ1) is 13.5. The summed E-state index contributed by atoms with van der Waals surface area (Å²) in [7, 11) is 0. The summed E-state index contributed by atoms with van der Waals surface area (Å²) in [5, 5.41) is 1.17. The van der Waals surface area contributed by atoms with Crippen LogP contribution in [0.25, 0.3) is 33.3 Å². The first-order valence-electron chi connectivity index (χ1n) is 10.1. The van der Waals surface area contributed by atoms with E-state index in [0.717, 1.165) is 17.6 Å². The van der Waals surface area contributed by atoms with Gasteiger partial charge in [0.25, 0.3) is 0 Å². The lowest BCUT2D eigenvalue weighted by Crippen LogP contribution is -1.93. The molecule has 1 nitrogen and oxygen atoms in total. The van der Waals surface area contributed by atoms with Crippen LogP contribution in [0, 0.1) is 19.8 Å². The zero-order valence-corrected chi connectivity index (χ0v) is 17.2. The first kappa shape index (κ1) is 18.4. The van der Waals surface area contributed by atoms with Crippen molar-refractivity contribution in [2.75, 3.05) is 0 Å². The van der Waals surface area contributed by atoms with Crippen LogP contribution in [0.3, 0.4) is 0 Å². The minimum absolute atomic E-state index is 0.680. The maximum atomic E-state index is 4.97. The van der Waals surface area contributed by atoms with Gasteiger partial charge < -0.3 is 0 Å². The topological polar surface area (TPSA) is 12.9 Å². The molecule has 28 heavy (non-hydrogen) atoms. The first-order valence-corrected chi connectivity index (χ1v) is 10.1. The molecular formula is C27H27N. The van der Waals surface area contributed by atoms with Crippen molar-refractivity contribution in [2.45, 2.75) is 34.1 Å². The molecule has 0 saturated heterocycles. The Balaban J connectivity index is 1.71. The van der Waals surface area contributed by atoms with Crippen molar-refractivity contribution in [3.8, 4) is 22.4 Å². The smallest absolute Gasteiger partial charge is 0.0715 e. The average Bonchev–Trinajstić information content (AvgIpc) is 2.66. The number of nitrogens with zero attached hydrogens (tertiary/aromatic N) is 1. The van der Waals surface area contributed by atoms with Gasteiger partial charge >= 0.3 is 0 Å². The zero-order chi connectivity index (χ0) is 19.7. The molecule has 0 spiro atoms. The summed E-state index contributed by atoms with van der Waals surface area (Å²) in [4.78, 5) is 4.97. The van der Waals surface area contributed by atoms with Gasteiger partial charge in [-0.15, -0.1) is 0 Å². The predicted octanol–water partition coefficient (Wildman–Crippen LogP) is 7.38. The van der Waals surface area contributed by atoms with Crippen LogP contribution in [0.1, 0.15) is 30.5 Å². The number of benzene rings is 3. The third-order valence-electron chi connectivity index (χ3n) is 5.14. The Kier molecular flexibility index (Phi) is 5.00. The Morgan fingerprint density at radius 3 is 2.00 bits per heavy atom. The molecule has 1 heteroatoms. The molecule has 0 amide bonds. The van der Waals surface area contributed by atoms with Gasteiger partial charge in [-0.1, -0.05) is 73.5 Å². The Morgan fingerprint density at radius 2 is 1.32 bits per heavy atom. The molecule has 3 aromatic carbocycles. The van der Waals surface area contributed by atoms with Gasteiger partial charge in [-0.05, 0) is 67.1 Å². The van der Waals surface area contributed by atoms with Crippen LogP contribution in [0.15, 0.2) is 72.8 Å².